The Labute approximate surface area is 393 Å². The van der Waals surface area contributed by atoms with Gasteiger partial charge < -0.3 is 4.57 Å². The van der Waals surface area contributed by atoms with E-state index in [1.54, 1.807) is 0 Å². The quantitative estimate of drug-likeness (QED) is 0.153. The smallest absolute Gasteiger partial charge is 0.238 e. The minimum atomic E-state index is 0.547. The standard InChI is InChI=1S/C63H41N5/c1-5-17-42(18-6-1)45-29-33-47(34-30-45)51-38-37-50(44-21-9-3-10-22-44)41-58(51)67-56-27-15-13-25-52(56)54-39-40-55-53-26-14-16-28-57(53)68(60(55)59(54)67)63-65-61(48-23-11-4-12-24-48)64-62(66-63)49-35-31-46(32-36-49)43-19-7-2-8-20-43/h1-41H. The molecular weight excluding hydrogens is 827 g/mol. The summed E-state index contributed by atoms with van der Waals surface area (Å²) in [6, 6.07) is 88.3. The first kappa shape index (κ1) is 39.2. The second-order valence-corrected chi connectivity index (χ2v) is 17.2. The Morgan fingerprint density at radius 3 is 1.15 bits per heavy atom. The van der Waals surface area contributed by atoms with Crippen molar-refractivity contribution in [1.29, 1.82) is 0 Å². The SMILES string of the molecule is c1ccc(-c2ccc(-c3nc(-c4ccccc4)nc(-n4c5ccccc5c5ccc6c7ccccc7n(-c7cc(-c8ccccc8)ccc7-c7ccc(-c8ccccc8)cc7)c6c54)n3)cc2)cc1. The topological polar surface area (TPSA) is 48.5 Å². The van der Waals surface area contributed by atoms with Crippen molar-refractivity contribution in [2.75, 3.05) is 0 Å². The van der Waals surface area contributed by atoms with Gasteiger partial charge in [-0.2, -0.15) is 9.97 Å². The maximum absolute atomic E-state index is 5.42. The number of benzene rings is 10. The second kappa shape index (κ2) is 16.4. The Morgan fingerprint density at radius 1 is 0.250 bits per heavy atom. The van der Waals surface area contributed by atoms with Crippen molar-refractivity contribution >= 4 is 43.6 Å². The molecule has 0 amide bonds. The molecular formula is C63H41N5. The number of para-hydroxylation sites is 2. The summed E-state index contributed by atoms with van der Waals surface area (Å²) in [6.45, 7) is 0. The molecule has 5 nitrogen and oxygen atoms in total. The molecule has 13 rings (SSSR count). The van der Waals surface area contributed by atoms with E-state index in [1.807, 2.05) is 24.3 Å². The van der Waals surface area contributed by atoms with E-state index >= 15 is 0 Å². The van der Waals surface area contributed by atoms with Crippen LogP contribution in [0.5, 0.6) is 0 Å². The number of hydrogen-bond acceptors (Lipinski definition) is 3. The van der Waals surface area contributed by atoms with E-state index in [4.69, 9.17) is 15.0 Å². The number of nitrogens with zero attached hydrogens (tertiary/aromatic N) is 5. The fourth-order valence-corrected chi connectivity index (χ4v) is 9.95. The fraction of sp³-hybridized carbons (Fsp3) is 0. The van der Waals surface area contributed by atoms with E-state index in [-0.39, 0.29) is 0 Å². The molecule has 0 aliphatic carbocycles. The van der Waals surface area contributed by atoms with Gasteiger partial charge in [0.1, 0.15) is 0 Å². The highest BCUT2D eigenvalue weighted by atomic mass is 15.2. The van der Waals surface area contributed by atoms with E-state index in [2.05, 4.69) is 234 Å². The van der Waals surface area contributed by atoms with Gasteiger partial charge in [-0.1, -0.05) is 231 Å². The largest absolute Gasteiger partial charge is 0.307 e. The third-order valence-corrected chi connectivity index (χ3v) is 13.2. The maximum Gasteiger partial charge on any atom is 0.238 e. The summed E-state index contributed by atoms with van der Waals surface area (Å²) in [5.74, 6) is 1.75. The van der Waals surface area contributed by atoms with E-state index < -0.39 is 0 Å². The van der Waals surface area contributed by atoms with Crippen LogP contribution in [0.15, 0.2) is 249 Å². The molecule has 0 bridgehead atoms. The predicted octanol–water partition coefficient (Wildman–Crippen LogP) is 16.1. The Kier molecular flexibility index (Phi) is 9.43. The lowest BCUT2D eigenvalue weighted by Crippen LogP contribution is -2.07. The van der Waals surface area contributed by atoms with Gasteiger partial charge in [0.05, 0.1) is 27.8 Å². The molecule has 0 atom stereocenters. The zero-order chi connectivity index (χ0) is 45.0. The Balaban J connectivity index is 1.11. The van der Waals surface area contributed by atoms with Crippen LogP contribution in [0.4, 0.5) is 0 Å². The average Bonchev–Trinajstić information content (AvgIpc) is 3.95. The average molecular weight is 868 g/mol. The van der Waals surface area contributed by atoms with Gasteiger partial charge >= 0.3 is 0 Å². The molecule has 0 aliphatic heterocycles. The van der Waals surface area contributed by atoms with E-state index in [1.165, 1.54) is 11.1 Å². The predicted molar refractivity (Wildman–Crippen MR) is 281 cm³/mol. The lowest BCUT2D eigenvalue weighted by molar-refractivity contribution is 0.953. The van der Waals surface area contributed by atoms with Crippen LogP contribution >= 0.6 is 0 Å². The highest BCUT2D eigenvalue weighted by Gasteiger charge is 2.25. The van der Waals surface area contributed by atoms with Gasteiger partial charge in [0.15, 0.2) is 11.6 Å². The minimum Gasteiger partial charge on any atom is -0.307 e. The number of fused-ring (bicyclic) bond motifs is 7. The Morgan fingerprint density at radius 2 is 0.618 bits per heavy atom. The van der Waals surface area contributed by atoms with Crippen molar-refractivity contribution in [2.24, 2.45) is 0 Å². The summed E-state index contributed by atoms with van der Waals surface area (Å²) in [6.07, 6.45) is 0. The second-order valence-electron chi connectivity index (χ2n) is 17.2. The van der Waals surface area contributed by atoms with Crippen molar-refractivity contribution in [2.45, 2.75) is 0 Å². The molecule has 5 heteroatoms. The molecule has 10 aromatic carbocycles. The first-order chi connectivity index (χ1) is 33.7. The molecule has 3 aromatic heterocycles. The summed E-state index contributed by atoms with van der Waals surface area (Å²) in [5, 5.41) is 4.53. The van der Waals surface area contributed by atoms with Crippen LogP contribution in [-0.2, 0) is 0 Å². The van der Waals surface area contributed by atoms with Crippen molar-refractivity contribution in [3.63, 3.8) is 0 Å². The zero-order valence-corrected chi connectivity index (χ0v) is 36.9. The molecule has 0 spiro atoms. The number of rotatable bonds is 8. The molecule has 318 valence electrons. The van der Waals surface area contributed by atoms with Crippen LogP contribution in [0.2, 0.25) is 0 Å². The van der Waals surface area contributed by atoms with Crippen LogP contribution in [0.3, 0.4) is 0 Å². The van der Waals surface area contributed by atoms with Crippen LogP contribution in [0, 0.1) is 0 Å². The van der Waals surface area contributed by atoms with Crippen molar-refractivity contribution < 1.29 is 0 Å². The molecule has 3 heterocycles. The molecule has 0 saturated carbocycles. The molecule has 0 saturated heterocycles. The van der Waals surface area contributed by atoms with E-state index in [9.17, 15) is 0 Å². The molecule has 0 N–H and O–H groups in total. The number of aromatic nitrogens is 5. The highest BCUT2D eigenvalue weighted by Crippen LogP contribution is 2.44. The lowest BCUT2D eigenvalue weighted by atomic mass is 9.96. The van der Waals surface area contributed by atoms with Crippen molar-refractivity contribution in [3.8, 4) is 78.9 Å². The maximum atomic E-state index is 5.42. The van der Waals surface area contributed by atoms with Crippen molar-refractivity contribution in [1.82, 2.24) is 24.1 Å². The highest BCUT2D eigenvalue weighted by molar-refractivity contribution is 6.24. The molecule has 0 radical (unpaired) electrons. The molecule has 0 fully saturated rings. The van der Waals surface area contributed by atoms with E-state index in [0.29, 0.717) is 17.6 Å². The van der Waals surface area contributed by atoms with Gasteiger partial charge in [-0.15, -0.1) is 0 Å². The molecule has 68 heavy (non-hydrogen) atoms. The van der Waals surface area contributed by atoms with Gasteiger partial charge in [0, 0.05) is 38.2 Å². The Bertz CT molecular complexity index is 3970. The summed E-state index contributed by atoms with van der Waals surface area (Å²) >= 11 is 0. The molecule has 0 unspecified atom stereocenters. The number of hydrogen-bond donors (Lipinski definition) is 0. The van der Waals surface area contributed by atoms with Crippen LogP contribution in [0.1, 0.15) is 0 Å². The Hall–Kier alpha value is -9.19. The van der Waals surface area contributed by atoms with E-state index in [0.717, 1.165) is 93.8 Å². The zero-order valence-electron chi connectivity index (χ0n) is 36.9. The van der Waals surface area contributed by atoms with Crippen LogP contribution in [0.25, 0.3) is 123 Å². The molecule has 13 aromatic rings. The first-order valence-electron chi connectivity index (χ1n) is 23.0. The van der Waals surface area contributed by atoms with Gasteiger partial charge in [-0.05, 0) is 57.1 Å². The summed E-state index contributed by atoms with van der Waals surface area (Å²) in [7, 11) is 0. The summed E-state index contributed by atoms with van der Waals surface area (Å²) < 4.78 is 4.76. The molecule has 0 aliphatic rings. The minimum absolute atomic E-state index is 0.547. The monoisotopic (exact) mass is 867 g/mol. The van der Waals surface area contributed by atoms with Gasteiger partial charge in [0.25, 0.3) is 0 Å². The van der Waals surface area contributed by atoms with Gasteiger partial charge in [-0.25, -0.2) is 4.98 Å². The third-order valence-electron chi connectivity index (χ3n) is 13.2. The summed E-state index contributed by atoms with van der Waals surface area (Å²) in [5.41, 5.74) is 16.3. The fourth-order valence-electron chi connectivity index (χ4n) is 9.95. The van der Waals surface area contributed by atoms with Crippen LogP contribution < -0.4 is 0 Å². The third kappa shape index (κ3) is 6.68. The summed E-state index contributed by atoms with van der Waals surface area (Å²) in [4.78, 5) is 16.0. The van der Waals surface area contributed by atoms with Crippen LogP contribution in [-0.4, -0.2) is 24.1 Å². The normalized spacial score (nSPS) is 11.5. The van der Waals surface area contributed by atoms with Gasteiger partial charge in [-0.3, -0.25) is 4.57 Å². The van der Waals surface area contributed by atoms with Gasteiger partial charge in [0.2, 0.25) is 5.95 Å². The van der Waals surface area contributed by atoms with Crippen molar-refractivity contribution in [3.05, 3.63) is 249 Å². The lowest BCUT2D eigenvalue weighted by Gasteiger charge is -2.18. The first-order valence-corrected chi connectivity index (χ1v) is 23.0.